The van der Waals surface area contributed by atoms with Crippen molar-refractivity contribution in [1.29, 1.82) is 0 Å². The Hall–Kier alpha value is -1.19. The Balaban J connectivity index is 2.34. The Morgan fingerprint density at radius 2 is 1.89 bits per heavy atom. The first-order valence-electron chi connectivity index (χ1n) is 6.23. The van der Waals surface area contributed by atoms with Gasteiger partial charge in [-0.3, -0.25) is 4.21 Å². The van der Waals surface area contributed by atoms with Crippen LogP contribution >= 0.6 is 0 Å². The summed E-state index contributed by atoms with van der Waals surface area (Å²) in [5, 5.41) is 5.88. The maximum absolute atomic E-state index is 11.4. The zero-order chi connectivity index (χ0) is 13.0. The van der Waals surface area contributed by atoms with E-state index >= 15 is 0 Å². The van der Waals surface area contributed by atoms with Crippen molar-refractivity contribution >= 4 is 21.6 Å². The van der Waals surface area contributed by atoms with Crippen LogP contribution in [0.1, 0.15) is 18.5 Å². The number of benzene rings is 2. The average Bonchev–Trinajstić information content (AvgIpc) is 2.37. The zero-order valence-corrected chi connectivity index (χ0v) is 11.7. The molecule has 2 unspecified atom stereocenters. The third-order valence-electron chi connectivity index (χ3n) is 3.03. The van der Waals surface area contributed by atoms with Gasteiger partial charge >= 0.3 is 0 Å². The molecule has 2 rings (SSSR count). The van der Waals surface area contributed by atoms with Crippen molar-refractivity contribution in [2.24, 2.45) is 0 Å². The SMILES string of the molecule is CCNC(CS(C)=O)c1ccc2ccccc2c1. The summed E-state index contributed by atoms with van der Waals surface area (Å²) in [4.78, 5) is 0. The predicted octanol–water partition coefficient (Wildman–Crippen LogP) is 2.87. The molecule has 96 valence electrons. The van der Waals surface area contributed by atoms with E-state index in [-0.39, 0.29) is 6.04 Å². The van der Waals surface area contributed by atoms with E-state index in [1.807, 2.05) is 12.1 Å². The van der Waals surface area contributed by atoms with Crippen molar-refractivity contribution in [3.63, 3.8) is 0 Å². The summed E-state index contributed by atoms with van der Waals surface area (Å²) in [6.07, 6.45) is 1.76. The first-order chi connectivity index (χ1) is 8.70. The summed E-state index contributed by atoms with van der Waals surface area (Å²) in [7, 11) is -0.794. The van der Waals surface area contributed by atoms with Gasteiger partial charge in [-0.2, -0.15) is 0 Å². The molecule has 0 aromatic heterocycles. The molecule has 2 atom stereocenters. The van der Waals surface area contributed by atoms with Crippen LogP contribution in [0.4, 0.5) is 0 Å². The van der Waals surface area contributed by atoms with Crippen LogP contribution in [0.2, 0.25) is 0 Å². The summed E-state index contributed by atoms with van der Waals surface area (Å²) in [6.45, 7) is 2.96. The molecule has 0 aliphatic rings. The maximum Gasteiger partial charge on any atom is 0.0436 e. The molecule has 0 bridgehead atoms. The maximum atomic E-state index is 11.4. The fourth-order valence-corrected chi connectivity index (χ4v) is 2.96. The van der Waals surface area contributed by atoms with E-state index in [9.17, 15) is 4.21 Å². The van der Waals surface area contributed by atoms with Crippen LogP contribution < -0.4 is 5.32 Å². The summed E-state index contributed by atoms with van der Waals surface area (Å²) in [6, 6.07) is 14.9. The highest BCUT2D eigenvalue weighted by Gasteiger charge is 2.12. The molecule has 0 aliphatic carbocycles. The van der Waals surface area contributed by atoms with Crippen LogP contribution in [0.3, 0.4) is 0 Å². The second kappa shape index (κ2) is 6.12. The molecule has 2 aromatic carbocycles. The lowest BCUT2D eigenvalue weighted by atomic mass is 10.0. The zero-order valence-electron chi connectivity index (χ0n) is 10.8. The van der Waals surface area contributed by atoms with Crippen molar-refractivity contribution in [2.75, 3.05) is 18.6 Å². The quantitative estimate of drug-likeness (QED) is 0.896. The number of nitrogens with one attached hydrogen (secondary N) is 1. The smallest absolute Gasteiger partial charge is 0.0436 e. The minimum absolute atomic E-state index is 0.172. The van der Waals surface area contributed by atoms with Crippen LogP contribution in [0.25, 0.3) is 10.8 Å². The monoisotopic (exact) mass is 261 g/mol. The third kappa shape index (κ3) is 3.18. The van der Waals surface area contributed by atoms with E-state index in [1.54, 1.807) is 6.26 Å². The molecule has 0 heterocycles. The molecular formula is C15H19NOS. The summed E-state index contributed by atoms with van der Waals surface area (Å²) in [5.74, 6) is 0.659. The average molecular weight is 261 g/mol. The van der Waals surface area contributed by atoms with Gasteiger partial charge in [0, 0.05) is 28.9 Å². The van der Waals surface area contributed by atoms with E-state index in [1.165, 1.54) is 16.3 Å². The van der Waals surface area contributed by atoms with E-state index in [4.69, 9.17) is 0 Å². The molecule has 0 saturated heterocycles. The Bertz CT molecular complexity index is 553. The van der Waals surface area contributed by atoms with Gasteiger partial charge in [-0.25, -0.2) is 0 Å². The van der Waals surface area contributed by atoms with Crippen LogP contribution in [0, 0.1) is 0 Å². The molecule has 2 aromatic rings. The molecule has 0 spiro atoms. The number of fused-ring (bicyclic) bond motifs is 1. The second-order valence-electron chi connectivity index (χ2n) is 4.46. The molecule has 0 aliphatic heterocycles. The van der Waals surface area contributed by atoms with Gasteiger partial charge in [0.1, 0.15) is 0 Å². The normalized spacial score (nSPS) is 14.6. The van der Waals surface area contributed by atoms with Crippen molar-refractivity contribution in [2.45, 2.75) is 13.0 Å². The Labute approximate surface area is 111 Å². The van der Waals surface area contributed by atoms with Crippen molar-refractivity contribution in [1.82, 2.24) is 5.32 Å². The van der Waals surface area contributed by atoms with E-state index in [0.29, 0.717) is 5.75 Å². The number of hydrogen-bond donors (Lipinski definition) is 1. The van der Waals surface area contributed by atoms with Crippen LogP contribution in [-0.4, -0.2) is 22.8 Å². The highest BCUT2D eigenvalue weighted by atomic mass is 32.2. The van der Waals surface area contributed by atoms with Crippen LogP contribution in [0.15, 0.2) is 42.5 Å². The minimum atomic E-state index is -0.794. The molecule has 1 N–H and O–H groups in total. The van der Waals surface area contributed by atoms with Crippen molar-refractivity contribution in [3.05, 3.63) is 48.0 Å². The van der Waals surface area contributed by atoms with Gasteiger partial charge in [0.05, 0.1) is 0 Å². The van der Waals surface area contributed by atoms with Crippen LogP contribution in [0.5, 0.6) is 0 Å². The molecule has 3 heteroatoms. The Kier molecular flexibility index (Phi) is 4.50. The lowest BCUT2D eigenvalue weighted by Crippen LogP contribution is -2.25. The van der Waals surface area contributed by atoms with Gasteiger partial charge in [-0.1, -0.05) is 43.3 Å². The molecule has 18 heavy (non-hydrogen) atoms. The predicted molar refractivity (Wildman–Crippen MR) is 79.3 cm³/mol. The standard InChI is InChI=1S/C15H19NOS/c1-3-16-15(11-18(2)17)14-9-8-12-6-4-5-7-13(12)10-14/h4-10,15-16H,3,11H2,1-2H3. The molecule has 2 nitrogen and oxygen atoms in total. The Morgan fingerprint density at radius 1 is 1.17 bits per heavy atom. The largest absolute Gasteiger partial charge is 0.309 e. The van der Waals surface area contributed by atoms with E-state index in [0.717, 1.165) is 6.54 Å². The Morgan fingerprint density at radius 3 is 2.56 bits per heavy atom. The molecule has 0 saturated carbocycles. The van der Waals surface area contributed by atoms with Crippen molar-refractivity contribution in [3.8, 4) is 0 Å². The lowest BCUT2D eigenvalue weighted by molar-refractivity contribution is 0.596. The summed E-state index contributed by atoms with van der Waals surface area (Å²) >= 11 is 0. The molecule has 0 amide bonds. The topological polar surface area (TPSA) is 29.1 Å². The van der Waals surface area contributed by atoms with Gasteiger partial charge in [-0.05, 0) is 28.9 Å². The molecular weight excluding hydrogens is 242 g/mol. The van der Waals surface area contributed by atoms with Crippen LogP contribution in [-0.2, 0) is 10.8 Å². The van der Waals surface area contributed by atoms with E-state index in [2.05, 4.69) is 42.6 Å². The van der Waals surface area contributed by atoms with Gasteiger partial charge in [0.15, 0.2) is 0 Å². The second-order valence-corrected chi connectivity index (χ2v) is 5.94. The van der Waals surface area contributed by atoms with E-state index < -0.39 is 10.8 Å². The fourth-order valence-electron chi connectivity index (χ4n) is 2.18. The molecule has 0 radical (unpaired) electrons. The first-order valence-corrected chi connectivity index (χ1v) is 7.95. The number of rotatable bonds is 5. The summed E-state index contributed by atoms with van der Waals surface area (Å²) < 4.78 is 11.4. The van der Waals surface area contributed by atoms with Gasteiger partial charge in [0.2, 0.25) is 0 Å². The first kappa shape index (κ1) is 13.2. The molecule has 0 fully saturated rings. The highest BCUT2D eigenvalue weighted by Crippen LogP contribution is 2.21. The van der Waals surface area contributed by atoms with Gasteiger partial charge in [-0.15, -0.1) is 0 Å². The highest BCUT2D eigenvalue weighted by molar-refractivity contribution is 7.84. The fraction of sp³-hybridized carbons (Fsp3) is 0.333. The van der Waals surface area contributed by atoms with Gasteiger partial charge in [0.25, 0.3) is 0 Å². The lowest BCUT2D eigenvalue weighted by Gasteiger charge is -2.17. The van der Waals surface area contributed by atoms with Gasteiger partial charge < -0.3 is 5.32 Å². The minimum Gasteiger partial charge on any atom is -0.309 e. The summed E-state index contributed by atoms with van der Waals surface area (Å²) in [5.41, 5.74) is 1.21. The number of hydrogen-bond acceptors (Lipinski definition) is 2. The third-order valence-corrected chi connectivity index (χ3v) is 3.83. The van der Waals surface area contributed by atoms with Crippen molar-refractivity contribution < 1.29 is 4.21 Å².